The van der Waals surface area contributed by atoms with Crippen LogP contribution in [-0.4, -0.2) is 41.7 Å². The molecular formula is C27H39BrO4Si. The Morgan fingerprint density at radius 2 is 1.06 bits per heavy atom. The van der Waals surface area contributed by atoms with Crippen LogP contribution in [0.4, 0.5) is 0 Å². The van der Waals surface area contributed by atoms with Gasteiger partial charge in [-0.2, -0.15) is 0 Å². The first-order valence-electron chi connectivity index (χ1n) is 11.5. The molecule has 0 saturated heterocycles. The zero-order valence-electron chi connectivity index (χ0n) is 20.6. The number of aliphatic hydroxyl groups excluding tert-OH is 4. The number of rotatable bonds is 7. The SMILES string of the molecule is CC(C)[Si](C#Cc1ccc([C@@H](O)CO)cc1)(C(C)C)C(C)C.OC[C@H](O)c1ccc(Br)cc1. The van der Waals surface area contributed by atoms with Crippen LogP contribution in [0.5, 0.6) is 0 Å². The van der Waals surface area contributed by atoms with Gasteiger partial charge in [-0.05, 0) is 52.0 Å². The molecule has 2 aromatic rings. The van der Waals surface area contributed by atoms with E-state index >= 15 is 0 Å². The van der Waals surface area contributed by atoms with Crippen molar-refractivity contribution in [3.8, 4) is 11.5 Å². The third-order valence-corrected chi connectivity index (χ3v) is 13.0. The minimum atomic E-state index is -1.70. The first-order valence-corrected chi connectivity index (χ1v) is 14.5. The Kier molecular flexibility index (Phi) is 12.6. The van der Waals surface area contributed by atoms with Crippen LogP contribution in [0.3, 0.4) is 0 Å². The number of halogens is 1. The van der Waals surface area contributed by atoms with Crippen LogP contribution in [0.2, 0.25) is 16.6 Å². The summed E-state index contributed by atoms with van der Waals surface area (Å²) in [5.41, 5.74) is 7.99. The first-order chi connectivity index (χ1) is 15.5. The predicted molar refractivity (Wildman–Crippen MR) is 143 cm³/mol. The van der Waals surface area contributed by atoms with E-state index in [1.165, 1.54) is 0 Å². The first kappa shape index (κ1) is 29.6. The molecular weight excluding hydrogens is 496 g/mol. The standard InChI is InChI=1S/C19H30O2Si.C8H9BrO2/c1-14(2)22(15(3)4,16(5)6)12-11-17-7-9-18(10-8-17)19(21)13-20;9-7-3-1-6(2-4-7)8(11)5-10/h7-10,14-16,19-21H,13H2,1-6H3;1-4,8,10-11H,5H2/t19-;8-/m00/s1. The molecule has 0 bridgehead atoms. The Balaban J connectivity index is 0.000000412. The van der Waals surface area contributed by atoms with Gasteiger partial charge >= 0.3 is 0 Å². The molecule has 2 aromatic carbocycles. The normalized spacial score (nSPS) is 13.3. The molecule has 4 nitrogen and oxygen atoms in total. The van der Waals surface area contributed by atoms with Gasteiger partial charge in [0.15, 0.2) is 0 Å². The van der Waals surface area contributed by atoms with E-state index in [-0.39, 0.29) is 13.2 Å². The van der Waals surface area contributed by atoms with Crippen LogP contribution < -0.4 is 0 Å². The molecule has 0 saturated carbocycles. The van der Waals surface area contributed by atoms with E-state index in [2.05, 4.69) is 68.9 Å². The minimum Gasteiger partial charge on any atom is -0.393 e. The summed E-state index contributed by atoms with van der Waals surface area (Å²) in [6.45, 7) is 13.4. The fraction of sp³-hybridized carbons (Fsp3) is 0.481. The van der Waals surface area contributed by atoms with Gasteiger partial charge in [0, 0.05) is 10.0 Å². The molecule has 2 rings (SSSR count). The van der Waals surface area contributed by atoms with E-state index in [0.717, 1.165) is 21.2 Å². The summed E-state index contributed by atoms with van der Waals surface area (Å²) < 4.78 is 0.964. The zero-order valence-corrected chi connectivity index (χ0v) is 23.2. The van der Waals surface area contributed by atoms with Gasteiger partial charge in [-0.3, -0.25) is 0 Å². The van der Waals surface area contributed by atoms with Gasteiger partial charge in [0.05, 0.1) is 13.2 Å². The van der Waals surface area contributed by atoms with Crippen molar-refractivity contribution in [3.63, 3.8) is 0 Å². The summed E-state index contributed by atoms with van der Waals surface area (Å²) in [7, 11) is -1.70. The highest BCUT2D eigenvalue weighted by Gasteiger charge is 2.41. The Morgan fingerprint density at radius 3 is 1.39 bits per heavy atom. The van der Waals surface area contributed by atoms with Crippen molar-refractivity contribution in [3.05, 3.63) is 69.7 Å². The molecule has 182 valence electrons. The van der Waals surface area contributed by atoms with E-state index in [0.29, 0.717) is 16.6 Å². The highest BCUT2D eigenvalue weighted by Crippen LogP contribution is 2.40. The van der Waals surface area contributed by atoms with Gasteiger partial charge in [-0.25, -0.2) is 0 Å². The highest BCUT2D eigenvalue weighted by atomic mass is 79.9. The lowest BCUT2D eigenvalue weighted by atomic mass is 10.1. The zero-order chi connectivity index (χ0) is 25.2. The summed E-state index contributed by atoms with van der Waals surface area (Å²) in [4.78, 5) is 0. The third kappa shape index (κ3) is 8.36. The summed E-state index contributed by atoms with van der Waals surface area (Å²) in [5.74, 6) is 3.38. The lowest BCUT2D eigenvalue weighted by Gasteiger charge is -2.38. The lowest BCUT2D eigenvalue weighted by molar-refractivity contribution is 0.0956. The van der Waals surface area contributed by atoms with Crippen molar-refractivity contribution in [2.75, 3.05) is 13.2 Å². The van der Waals surface area contributed by atoms with Crippen molar-refractivity contribution >= 4 is 24.0 Å². The van der Waals surface area contributed by atoms with Gasteiger partial charge in [0.1, 0.15) is 20.3 Å². The van der Waals surface area contributed by atoms with Crippen molar-refractivity contribution in [2.24, 2.45) is 0 Å². The van der Waals surface area contributed by atoms with Crippen molar-refractivity contribution < 1.29 is 20.4 Å². The maximum absolute atomic E-state index is 9.62. The van der Waals surface area contributed by atoms with Crippen molar-refractivity contribution in [1.82, 2.24) is 0 Å². The van der Waals surface area contributed by atoms with Gasteiger partial charge in [0.25, 0.3) is 0 Å². The Hall–Kier alpha value is -1.46. The highest BCUT2D eigenvalue weighted by molar-refractivity contribution is 9.10. The molecule has 0 spiro atoms. The number of aliphatic hydroxyl groups is 4. The van der Waals surface area contributed by atoms with Crippen LogP contribution in [0.15, 0.2) is 53.0 Å². The second-order valence-corrected chi connectivity index (χ2v) is 15.7. The minimum absolute atomic E-state index is 0.234. The van der Waals surface area contributed by atoms with Gasteiger partial charge in [0.2, 0.25) is 0 Å². The average Bonchev–Trinajstić information content (AvgIpc) is 2.79. The van der Waals surface area contributed by atoms with Crippen LogP contribution in [0, 0.1) is 11.5 Å². The maximum atomic E-state index is 9.62. The van der Waals surface area contributed by atoms with E-state index < -0.39 is 20.3 Å². The summed E-state index contributed by atoms with van der Waals surface area (Å²) in [6.07, 6.45) is -1.57. The molecule has 0 heterocycles. The van der Waals surface area contributed by atoms with Crippen LogP contribution in [0.25, 0.3) is 0 Å². The lowest BCUT2D eigenvalue weighted by Crippen LogP contribution is -2.43. The van der Waals surface area contributed by atoms with Gasteiger partial charge in [-0.1, -0.05) is 87.7 Å². The van der Waals surface area contributed by atoms with Crippen LogP contribution in [-0.2, 0) is 0 Å². The van der Waals surface area contributed by atoms with Gasteiger partial charge < -0.3 is 20.4 Å². The van der Waals surface area contributed by atoms with E-state index in [9.17, 15) is 5.11 Å². The molecule has 0 aliphatic carbocycles. The number of hydrogen-bond donors (Lipinski definition) is 4. The summed E-state index contributed by atoms with van der Waals surface area (Å²) >= 11 is 3.27. The molecule has 4 N–H and O–H groups in total. The molecule has 33 heavy (non-hydrogen) atoms. The smallest absolute Gasteiger partial charge is 0.146 e. The molecule has 0 aromatic heterocycles. The third-order valence-electron chi connectivity index (χ3n) is 6.19. The molecule has 0 aliphatic heterocycles. The second kappa shape index (κ2) is 14.1. The molecule has 0 aliphatic rings. The Labute approximate surface area is 208 Å². The predicted octanol–water partition coefficient (Wildman–Crippen LogP) is 5.76. The van der Waals surface area contributed by atoms with E-state index in [1.54, 1.807) is 12.1 Å². The number of hydrogen-bond acceptors (Lipinski definition) is 4. The topological polar surface area (TPSA) is 80.9 Å². The molecule has 2 atom stereocenters. The summed E-state index contributed by atoms with van der Waals surface area (Å²) in [5, 5.41) is 36.3. The Morgan fingerprint density at radius 1 is 0.697 bits per heavy atom. The fourth-order valence-corrected chi connectivity index (χ4v) is 9.79. The molecule has 0 fully saturated rings. The second-order valence-electron chi connectivity index (χ2n) is 9.22. The molecule has 0 unspecified atom stereocenters. The van der Waals surface area contributed by atoms with Gasteiger partial charge in [-0.15, -0.1) is 5.54 Å². The Bertz CT molecular complexity index is 861. The molecule has 0 radical (unpaired) electrons. The fourth-order valence-electron chi connectivity index (χ4n) is 4.30. The van der Waals surface area contributed by atoms with Crippen molar-refractivity contribution in [1.29, 1.82) is 0 Å². The van der Waals surface area contributed by atoms with Crippen molar-refractivity contribution in [2.45, 2.75) is 70.4 Å². The largest absolute Gasteiger partial charge is 0.393 e. The van der Waals surface area contributed by atoms with Crippen LogP contribution >= 0.6 is 15.9 Å². The van der Waals surface area contributed by atoms with E-state index in [1.807, 2.05) is 36.4 Å². The number of benzene rings is 2. The molecule has 6 heteroatoms. The van der Waals surface area contributed by atoms with Crippen LogP contribution in [0.1, 0.15) is 70.4 Å². The molecule has 0 amide bonds. The maximum Gasteiger partial charge on any atom is 0.146 e. The average molecular weight is 536 g/mol. The van der Waals surface area contributed by atoms with E-state index in [4.69, 9.17) is 15.3 Å². The monoisotopic (exact) mass is 534 g/mol. The summed E-state index contributed by atoms with van der Waals surface area (Å²) in [6, 6.07) is 14.7. The quantitative estimate of drug-likeness (QED) is 0.269.